The largest absolute Gasteiger partial charge is 0.497 e. The van der Waals surface area contributed by atoms with E-state index in [-0.39, 0.29) is 5.91 Å². The van der Waals surface area contributed by atoms with E-state index in [0.717, 1.165) is 0 Å². The van der Waals surface area contributed by atoms with Gasteiger partial charge in [-0.05, 0) is 50.2 Å². The van der Waals surface area contributed by atoms with Crippen LogP contribution < -0.4 is 15.0 Å². The van der Waals surface area contributed by atoms with Crippen molar-refractivity contribution in [1.82, 2.24) is 0 Å². The topological polar surface area (TPSA) is 84.9 Å². The second-order valence-corrected chi connectivity index (χ2v) is 6.56. The van der Waals surface area contributed by atoms with E-state index in [1.54, 1.807) is 62.4 Å². The first-order valence-electron chi connectivity index (χ1n) is 8.39. The average molecular weight is 368 g/mol. The number of carbonyl (C=O) groups excluding carboxylic acids is 3. The highest BCUT2D eigenvalue weighted by Crippen LogP contribution is 2.36. The molecule has 27 heavy (non-hydrogen) atoms. The van der Waals surface area contributed by atoms with E-state index in [0.29, 0.717) is 22.7 Å². The van der Waals surface area contributed by atoms with Crippen LogP contribution in [0.1, 0.15) is 24.2 Å². The van der Waals surface area contributed by atoms with Gasteiger partial charge in [-0.1, -0.05) is 12.1 Å². The maximum absolute atomic E-state index is 12.8. The summed E-state index contributed by atoms with van der Waals surface area (Å²) in [5.74, 6) is -0.806. The van der Waals surface area contributed by atoms with Gasteiger partial charge in [-0.15, -0.1) is 0 Å². The lowest BCUT2D eigenvalue weighted by Gasteiger charge is -2.41. The van der Waals surface area contributed by atoms with Crippen molar-refractivity contribution in [3.63, 3.8) is 0 Å². The van der Waals surface area contributed by atoms with E-state index in [9.17, 15) is 14.4 Å². The highest BCUT2D eigenvalue weighted by molar-refractivity contribution is 6.14. The van der Waals surface area contributed by atoms with Gasteiger partial charge in [0.25, 0.3) is 5.91 Å². The third-order valence-corrected chi connectivity index (χ3v) is 4.41. The van der Waals surface area contributed by atoms with Crippen molar-refractivity contribution in [1.29, 1.82) is 0 Å². The Bertz CT molecular complexity index is 890. The number of hydrogen-bond acceptors (Lipinski definition) is 5. The smallest absolute Gasteiger partial charge is 0.338 e. The molecule has 3 rings (SSSR count). The van der Waals surface area contributed by atoms with Crippen LogP contribution in [-0.2, 0) is 14.3 Å². The summed E-state index contributed by atoms with van der Waals surface area (Å²) in [7, 11) is 1.53. The number of fused-ring (bicyclic) bond motifs is 1. The Morgan fingerprint density at radius 3 is 2.41 bits per heavy atom. The first kappa shape index (κ1) is 18.4. The zero-order valence-corrected chi connectivity index (χ0v) is 15.3. The summed E-state index contributed by atoms with van der Waals surface area (Å²) >= 11 is 0. The first-order valence-corrected chi connectivity index (χ1v) is 8.39. The number of para-hydroxylation sites is 2. The molecule has 0 aliphatic carbocycles. The maximum atomic E-state index is 12.8. The van der Waals surface area contributed by atoms with Crippen molar-refractivity contribution in [2.75, 3.05) is 23.9 Å². The first-order chi connectivity index (χ1) is 12.8. The van der Waals surface area contributed by atoms with Crippen LogP contribution in [0, 0.1) is 0 Å². The third kappa shape index (κ3) is 3.48. The summed E-state index contributed by atoms with van der Waals surface area (Å²) in [5, 5.41) is 2.78. The van der Waals surface area contributed by atoms with Crippen LogP contribution in [0.2, 0.25) is 0 Å². The summed E-state index contributed by atoms with van der Waals surface area (Å²) in [5.41, 5.74) is 0.293. The fraction of sp³-hybridized carbons (Fsp3) is 0.250. The summed E-state index contributed by atoms with van der Waals surface area (Å²) in [6.07, 6.45) is 0. The Hall–Kier alpha value is -3.35. The molecule has 1 aliphatic rings. The van der Waals surface area contributed by atoms with Gasteiger partial charge in [0, 0.05) is 0 Å². The Kier molecular flexibility index (Phi) is 4.85. The number of ether oxygens (including phenoxy) is 2. The molecule has 1 heterocycles. The van der Waals surface area contributed by atoms with Gasteiger partial charge in [-0.3, -0.25) is 14.5 Å². The Morgan fingerprint density at radius 2 is 1.74 bits per heavy atom. The van der Waals surface area contributed by atoms with E-state index in [2.05, 4.69) is 5.32 Å². The van der Waals surface area contributed by atoms with Gasteiger partial charge in [0.15, 0.2) is 6.61 Å². The summed E-state index contributed by atoms with van der Waals surface area (Å²) in [4.78, 5) is 38.7. The predicted molar refractivity (Wildman–Crippen MR) is 99.9 cm³/mol. The van der Waals surface area contributed by atoms with Crippen LogP contribution in [0.25, 0.3) is 0 Å². The Balaban J connectivity index is 1.76. The van der Waals surface area contributed by atoms with Crippen molar-refractivity contribution >= 4 is 29.2 Å². The minimum absolute atomic E-state index is 0.305. The fourth-order valence-corrected chi connectivity index (χ4v) is 2.90. The number of benzene rings is 2. The lowest BCUT2D eigenvalue weighted by Crippen LogP contribution is -2.59. The third-order valence-electron chi connectivity index (χ3n) is 4.41. The van der Waals surface area contributed by atoms with Crippen LogP contribution >= 0.6 is 0 Å². The zero-order valence-electron chi connectivity index (χ0n) is 15.3. The quantitative estimate of drug-likeness (QED) is 0.839. The molecule has 1 N–H and O–H groups in total. The summed E-state index contributed by atoms with van der Waals surface area (Å²) in [6, 6.07) is 13.4. The molecule has 1 aliphatic heterocycles. The molecule has 2 aromatic carbocycles. The molecule has 0 spiro atoms. The lowest BCUT2D eigenvalue weighted by molar-refractivity contribution is -0.128. The van der Waals surface area contributed by atoms with Crippen molar-refractivity contribution in [2.24, 2.45) is 0 Å². The minimum Gasteiger partial charge on any atom is -0.497 e. The van der Waals surface area contributed by atoms with Gasteiger partial charge in [-0.2, -0.15) is 0 Å². The SMILES string of the molecule is COc1ccc(C(=O)OCC(=O)N2c3ccccc3NC(=O)C2(C)C)cc1. The molecule has 0 radical (unpaired) electrons. The van der Waals surface area contributed by atoms with E-state index in [1.807, 2.05) is 0 Å². The molecule has 7 nitrogen and oxygen atoms in total. The van der Waals surface area contributed by atoms with Gasteiger partial charge < -0.3 is 14.8 Å². The number of methoxy groups -OCH3 is 1. The Morgan fingerprint density at radius 1 is 1.07 bits per heavy atom. The molecule has 2 amide bonds. The van der Waals surface area contributed by atoms with Gasteiger partial charge in [0.2, 0.25) is 5.91 Å². The van der Waals surface area contributed by atoms with Gasteiger partial charge in [0.05, 0.1) is 24.0 Å². The number of rotatable bonds is 4. The van der Waals surface area contributed by atoms with Crippen LogP contribution in [0.5, 0.6) is 5.75 Å². The molecule has 0 bridgehead atoms. The van der Waals surface area contributed by atoms with Gasteiger partial charge in [0.1, 0.15) is 11.3 Å². The second kappa shape index (κ2) is 7.11. The standard InChI is InChI=1S/C20H20N2O5/c1-20(2)19(25)21-15-6-4-5-7-16(15)22(20)17(23)12-27-18(24)13-8-10-14(26-3)11-9-13/h4-11H,12H2,1-3H3,(H,21,25). The second-order valence-electron chi connectivity index (χ2n) is 6.56. The van der Waals surface area contributed by atoms with Crippen molar-refractivity contribution in [2.45, 2.75) is 19.4 Å². The van der Waals surface area contributed by atoms with Crippen molar-refractivity contribution in [3.8, 4) is 5.75 Å². The molecule has 2 aromatic rings. The minimum atomic E-state index is -1.11. The molecule has 7 heteroatoms. The van der Waals surface area contributed by atoms with Crippen LogP contribution in [0.3, 0.4) is 0 Å². The summed E-state index contributed by atoms with van der Waals surface area (Å²) < 4.78 is 10.2. The number of hydrogen-bond donors (Lipinski definition) is 1. The van der Waals surface area contributed by atoms with Crippen molar-refractivity contribution < 1.29 is 23.9 Å². The van der Waals surface area contributed by atoms with Crippen LogP contribution in [0.15, 0.2) is 48.5 Å². The summed E-state index contributed by atoms with van der Waals surface area (Å²) in [6.45, 7) is 2.80. The predicted octanol–water partition coefficient (Wildman–Crippen LogP) is 2.62. The molecule has 140 valence electrons. The van der Waals surface area contributed by atoms with E-state index >= 15 is 0 Å². The Labute approximate surface area is 156 Å². The van der Waals surface area contributed by atoms with E-state index in [1.165, 1.54) is 12.0 Å². The lowest BCUT2D eigenvalue weighted by atomic mass is 9.96. The molecular formula is C20H20N2O5. The van der Waals surface area contributed by atoms with Gasteiger partial charge in [-0.25, -0.2) is 4.79 Å². The molecule has 0 aromatic heterocycles. The number of esters is 1. The zero-order chi connectivity index (χ0) is 19.6. The molecule has 0 fully saturated rings. The molecule has 0 saturated heterocycles. The molecule has 0 atom stereocenters. The van der Waals surface area contributed by atoms with Gasteiger partial charge >= 0.3 is 5.97 Å². The number of amides is 2. The number of nitrogens with one attached hydrogen (secondary N) is 1. The monoisotopic (exact) mass is 368 g/mol. The number of carbonyl (C=O) groups is 3. The highest BCUT2D eigenvalue weighted by atomic mass is 16.5. The molecule has 0 unspecified atom stereocenters. The highest BCUT2D eigenvalue weighted by Gasteiger charge is 2.43. The van der Waals surface area contributed by atoms with E-state index in [4.69, 9.17) is 9.47 Å². The van der Waals surface area contributed by atoms with Crippen LogP contribution in [-0.4, -0.2) is 37.0 Å². The van der Waals surface area contributed by atoms with Crippen LogP contribution in [0.4, 0.5) is 11.4 Å². The number of anilines is 2. The maximum Gasteiger partial charge on any atom is 0.338 e. The normalized spacial score (nSPS) is 14.8. The molecular weight excluding hydrogens is 348 g/mol. The average Bonchev–Trinajstić information content (AvgIpc) is 2.66. The molecule has 0 saturated carbocycles. The fourth-order valence-electron chi connectivity index (χ4n) is 2.90. The van der Waals surface area contributed by atoms with Crippen molar-refractivity contribution in [3.05, 3.63) is 54.1 Å². The van der Waals surface area contributed by atoms with E-state index < -0.39 is 24.0 Å². The number of nitrogens with zero attached hydrogens (tertiary/aromatic N) is 1.